The number of phenolic OH excluding ortho intramolecular Hbond substituents is 1. The van der Waals surface area contributed by atoms with Gasteiger partial charge in [0.2, 0.25) is 0 Å². The predicted octanol–water partition coefficient (Wildman–Crippen LogP) is 3.68. The van der Waals surface area contributed by atoms with Crippen molar-refractivity contribution in [1.29, 1.82) is 0 Å². The van der Waals surface area contributed by atoms with Crippen LogP contribution in [0.3, 0.4) is 0 Å². The van der Waals surface area contributed by atoms with Crippen LogP contribution in [-0.4, -0.2) is 5.11 Å². The van der Waals surface area contributed by atoms with E-state index in [1.54, 1.807) is 18.2 Å². The van der Waals surface area contributed by atoms with E-state index < -0.39 is 0 Å². The van der Waals surface area contributed by atoms with Crippen LogP contribution in [0, 0.1) is 13.8 Å². The summed E-state index contributed by atoms with van der Waals surface area (Å²) < 4.78 is 0. The normalized spacial score (nSPS) is 9.76. The highest BCUT2D eigenvalue weighted by molar-refractivity contribution is 5.85. The molecule has 2 rings (SSSR count). The molecule has 0 unspecified atom stereocenters. The van der Waals surface area contributed by atoms with Gasteiger partial charge in [0.05, 0.1) is 0 Å². The van der Waals surface area contributed by atoms with Crippen LogP contribution in [0.25, 0.3) is 11.1 Å². The molecule has 0 fully saturated rings. The molecule has 3 N–H and O–H groups in total. The van der Waals surface area contributed by atoms with Crippen LogP contribution in [0.5, 0.6) is 5.75 Å². The van der Waals surface area contributed by atoms with Crippen molar-refractivity contribution in [2.24, 2.45) is 0 Å². The lowest BCUT2D eigenvalue weighted by Crippen LogP contribution is -1.88. The Morgan fingerprint density at radius 3 is 2.29 bits per heavy atom. The van der Waals surface area contributed by atoms with Crippen LogP contribution in [0.4, 0.5) is 5.69 Å². The number of halogens is 1. The number of nitrogen functional groups attached to an aromatic ring is 1. The fraction of sp³-hybridized carbons (Fsp3) is 0.143. The van der Waals surface area contributed by atoms with Crippen molar-refractivity contribution >= 4 is 18.1 Å². The largest absolute Gasteiger partial charge is 0.507 e. The maximum absolute atomic E-state index is 9.79. The number of aryl methyl sites for hydroxylation is 2. The summed E-state index contributed by atoms with van der Waals surface area (Å²) in [6.45, 7) is 4.13. The van der Waals surface area contributed by atoms with Crippen molar-refractivity contribution in [2.75, 3.05) is 5.73 Å². The minimum Gasteiger partial charge on any atom is -0.507 e. The molecular formula is C14H16ClNO. The monoisotopic (exact) mass is 249 g/mol. The van der Waals surface area contributed by atoms with Crippen molar-refractivity contribution < 1.29 is 5.11 Å². The second-order valence-corrected chi connectivity index (χ2v) is 4.08. The quantitative estimate of drug-likeness (QED) is 0.598. The zero-order valence-electron chi connectivity index (χ0n) is 9.90. The molecule has 17 heavy (non-hydrogen) atoms. The number of hydrogen-bond acceptors (Lipinski definition) is 2. The van der Waals surface area contributed by atoms with Crippen molar-refractivity contribution in [3.8, 4) is 16.9 Å². The van der Waals surface area contributed by atoms with E-state index in [1.807, 2.05) is 12.1 Å². The van der Waals surface area contributed by atoms with Gasteiger partial charge in [0.1, 0.15) is 5.75 Å². The smallest absolute Gasteiger partial charge is 0.123 e. The third-order valence-corrected chi connectivity index (χ3v) is 2.84. The molecule has 0 saturated heterocycles. The lowest BCUT2D eigenvalue weighted by molar-refractivity contribution is 0.477. The molecule has 0 bridgehead atoms. The Hall–Kier alpha value is -1.67. The van der Waals surface area contributed by atoms with Gasteiger partial charge >= 0.3 is 0 Å². The molecule has 90 valence electrons. The summed E-state index contributed by atoms with van der Waals surface area (Å²) >= 11 is 0. The molecule has 0 saturated carbocycles. The van der Waals surface area contributed by atoms with Gasteiger partial charge in [-0.3, -0.25) is 0 Å². The van der Waals surface area contributed by atoms with Crippen molar-refractivity contribution in [1.82, 2.24) is 0 Å². The second kappa shape index (κ2) is 5.11. The molecule has 0 spiro atoms. The summed E-state index contributed by atoms with van der Waals surface area (Å²) in [5, 5.41) is 9.79. The first-order valence-corrected chi connectivity index (χ1v) is 5.24. The molecule has 0 atom stereocenters. The maximum atomic E-state index is 9.79. The third-order valence-electron chi connectivity index (χ3n) is 2.84. The summed E-state index contributed by atoms with van der Waals surface area (Å²) in [7, 11) is 0. The van der Waals surface area contributed by atoms with E-state index in [0.29, 0.717) is 5.69 Å². The number of benzene rings is 2. The highest BCUT2D eigenvalue weighted by Gasteiger charge is 2.05. The Balaban J connectivity index is 0.00000144. The summed E-state index contributed by atoms with van der Waals surface area (Å²) in [5.74, 6) is 0.262. The minimum absolute atomic E-state index is 0. The first-order chi connectivity index (χ1) is 7.58. The van der Waals surface area contributed by atoms with Gasteiger partial charge in [0.25, 0.3) is 0 Å². The maximum Gasteiger partial charge on any atom is 0.123 e. The molecule has 0 aliphatic heterocycles. The van der Waals surface area contributed by atoms with Gasteiger partial charge in [0, 0.05) is 11.3 Å². The van der Waals surface area contributed by atoms with Gasteiger partial charge < -0.3 is 10.8 Å². The highest BCUT2D eigenvalue weighted by Crippen LogP contribution is 2.31. The van der Waals surface area contributed by atoms with E-state index in [2.05, 4.69) is 19.9 Å². The molecule has 2 nitrogen and oxygen atoms in total. The van der Waals surface area contributed by atoms with E-state index in [4.69, 9.17) is 5.73 Å². The highest BCUT2D eigenvalue weighted by atomic mass is 35.5. The van der Waals surface area contributed by atoms with Gasteiger partial charge in [-0.25, -0.2) is 0 Å². The molecule has 0 aromatic heterocycles. The van der Waals surface area contributed by atoms with Crippen LogP contribution in [0.1, 0.15) is 11.1 Å². The summed E-state index contributed by atoms with van der Waals surface area (Å²) in [5.41, 5.74) is 10.6. The number of anilines is 1. The van der Waals surface area contributed by atoms with Gasteiger partial charge in [-0.05, 0) is 48.7 Å². The van der Waals surface area contributed by atoms with Crippen molar-refractivity contribution in [3.63, 3.8) is 0 Å². The van der Waals surface area contributed by atoms with Crippen molar-refractivity contribution in [2.45, 2.75) is 13.8 Å². The third kappa shape index (κ3) is 2.71. The van der Waals surface area contributed by atoms with Crippen LogP contribution < -0.4 is 5.73 Å². The summed E-state index contributed by atoms with van der Waals surface area (Å²) in [4.78, 5) is 0. The Morgan fingerprint density at radius 1 is 0.941 bits per heavy atom. The average molecular weight is 250 g/mol. The van der Waals surface area contributed by atoms with Gasteiger partial charge in [-0.1, -0.05) is 18.2 Å². The molecule has 0 heterocycles. The number of rotatable bonds is 1. The number of nitrogens with two attached hydrogens (primary N) is 1. The molecule has 2 aromatic carbocycles. The van der Waals surface area contributed by atoms with Crippen LogP contribution >= 0.6 is 12.4 Å². The summed E-state index contributed by atoms with van der Waals surface area (Å²) in [6, 6.07) is 11.2. The Kier molecular flexibility index (Phi) is 4.02. The van der Waals surface area contributed by atoms with Crippen LogP contribution in [0.15, 0.2) is 36.4 Å². The van der Waals surface area contributed by atoms with E-state index in [-0.39, 0.29) is 18.2 Å². The molecule has 3 heteroatoms. The first-order valence-electron chi connectivity index (χ1n) is 5.24. The SMILES string of the molecule is Cc1ccc(-c2cc(N)ccc2O)cc1C.Cl. The van der Waals surface area contributed by atoms with E-state index in [0.717, 1.165) is 11.1 Å². The number of hydrogen-bond donors (Lipinski definition) is 2. The Labute approximate surface area is 108 Å². The molecule has 2 aromatic rings. The van der Waals surface area contributed by atoms with E-state index >= 15 is 0 Å². The zero-order chi connectivity index (χ0) is 11.7. The molecular weight excluding hydrogens is 234 g/mol. The second-order valence-electron chi connectivity index (χ2n) is 4.08. The Morgan fingerprint density at radius 2 is 1.65 bits per heavy atom. The zero-order valence-corrected chi connectivity index (χ0v) is 10.7. The molecule has 0 radical (unpaired) electrons. The summed E-state index contributed by atoms with van der Waals surface area (Å²) in [6.07, 6.45) is 0. The van der Waals surface area contributed by atoms with Crippen LogP contribution in [0.2, 0.25) is 0 Å². The first kappa shape index (κ1) is 13.4. The van der Waals surface area contributed by atoms with Gasteiger partial charge in [-0.2, -0.15) is 0 Å². The fourth-order valence-electron chi connectivity index (χ4n) is 1.69. The van der Waals surface area contributed by atoms with Gasteiger partial charge in [-0.15, -0.1) is 12.4 Å². The van der Waals surface area contributed by atoms with Gasteiger partial charge in [0.15, 0.2) is 0 Å². The molecule has 0 amide bonds. The lowest BCUT2D eigenvalue weighted by atomic mass is 9.99. The van der Waals surface area contributed by atoms with Crippen LogP contribution in [-0.2, 0) is 0 Å². The van der Waals surface area contributed by atoms with E-state index in [1.165, 1.54) is 11.1 Å². The average Bonchev–Trinajstić information content (AvgIpc) is 2.26. The molecule has 0 aliphatic rings. The predicted molar refractivity (Wildman–Crippen MR) is 74.7 cm³/mol. The Bertz CT molecular complexity index is 538. The minimum atomic E-state index is 0. The number of aromatic hydroxyl groups is 1. The topological polar surface area (TPSA) is 46.2 Å². The standard InChI is InChI=1S/C14H15NO.ClH/c1-9-3-4-11(7-10(9)2)13-8-12(15)5-6-14(13)16;/h3-8,16H,15H2,1-2H3;1H. The van der Waals surface area contributed by atoms with E-state index in [9.17, 15) is 5.11 Å². The molecule has 0 aliphatic carbocycles. The number of phenols is 1. The lowest BCUT2D eigenvalue weighted by Gasteiger charge is -2.08. The fourth-order valence-corrected chi connectivity index (χ4v) is 1.69. The van der Waals surface area contributed by atoms with Crippen molar-refractivity contribution in [3.05, 3.63) is 47.5 Å².